The second kappa shape index (κ2) is 10.6. The summed E-state index contributed by atoms with van der Waals surface area (Å²) in [6.07, 6.45) is 6.15. The van der Waals surface area contributed by atoms with E-state index >= 15 is 0 Å². The van der Waals surface area contributed by atoms with Gasteiger partial charge in [0.1, 0.15) is 0 Å². The third-order valence-corrected chi connectivity index (χ3v) is 4.41. The summed E-state index contributed by atoms with van der Waals surface area (Å²) in [5.74, 6) is 0.910. The first kappa shape index (κ1) is 21.7. The quantitative estimate of drug-likeness (QED) is 0.364. The summed E-state index contributed by atoms with van der Waals surface area (Å²) in [5, 5.41) is 0. The number of terminal acetylenes is 1. The lowest BCUT2D eigenvalue weighted by atomic mass is 9.72. The predicted octanol–water partition coefficient (Wildman–Crippen LogP) is 3.12. The van der Waals surface area contributed by atoms with Crippen LogP contribution in [0.15, 0.2) is 30.3 Å². The van der Waals surface area contributed by atoms with E-state index in [-0.39, 0.29) is 25.7 Å². The minimum absolute atomic E-state index is 0.0531. The SMILES string of the molecule is C#C[C@H](CC(C(=O)OCC)(C(=O)OCC)c1ccccc1)[C@@H](CC)OC. The highest BCUT2D eigenvalue weighted by atomic mass is 16.6. The summed E-state index contributed by atoms with van der Waals surface area (Å²) in [4.78, 5) is 26.0. The van der Waals surface area contributed by atoms with Crippen LogP contribution in [0.2, 0.25) is 0 Å². The van der Waals surface area contributed by atoms with E-state index in [1.165, 1.54) is 0 Å². The lowest BCUT2D eigenvalue weighted by Gasteiger charge is -2.33. The van der Waals surface area contributed by atoms with Crippen LogP contribution in [0.25, 0.3) is 0 Å². The van der Waals surface area contributed by atoms with Crippen LogP contribution >= 0.6 is 0 Å². The van der Waals surface area contributed by atoms with E-state index in [2.05, 4.69) is 5.92 Å². The van der Waals surface area contributed by atoms with Gasteiger partial charge < -0.3 is 14.2 Å². The Morgan fingerprint density at radius 3 is 2.00 bits per heavy atom. The normalized spacial score (nSPS) is 13.3. The van der Waals surface area contributed by atoms with Crippen LogP contribution in [0.1, 0.15) is 39.2 Å². The van der Waals surface area contributed by atoms with E-state index in [4.69, 9.17) is 20.6 Å². The predicted molar refractivity (Wildman–Crippen MR) is 99.4 cm³/mol. The molecule has 0 bridgehead atoms. The molecule has 0 N–H and O–H groups in total. The molecule has 1 aromatic rings. The maximum absolute atomic E-state index is 13.0. The number of carbonyl (C=O) groups excluding carboxylic acids is 2. The van der Waals surface area contributed by atoms with Crippen LogP contribution in [0, 0.1) is 18.3 Å². The molecular formula is C21H28O5. The molecule has 2 atom stereocenters. The van der Waals surface area contributed by atoms with E-state index < -0.39 is 23.3 Å². The minimum Gasteiger partial charge on any atom is -0.465 e. The number of methoxy groups -OCH3 is 1. The topological polar surface area (TPSA) is 61.8 Å². The third kappa shape index (κ3) is 4.64. The van der Waals surface area contributed by atoms with Crippen molar-refractivity contribution < 1.29 is 23.8 Å². The zero-order valence-electron chi connectivity index (χ0n) is 16.0. The third-order valence-electron chi connectivity index (χ3n) is 4.41. The van der Waals surface area contributed by atoms with Crippen LogP contribution in [-0.4, -0.2) is 38.4 Å². The summed E-state index contributed by atoms with van der Waals surface area (Å²) < 4.78 is 16.0. The van der Waals surface area contributed by atoms with Crippen LogP contribution in [0.3, 0.4) is 0 Å². The van der Waals surface area contributed by atoms with Gasteiger partial charge in [-0.1, -0.05) is 37.3 Å². The first-order valence-corrected chi connectivity index (χ1v) is 8.90. The van der Waals surface area contributed by atoms with Crippen LogP contribution < -0.4 is 0 Å². The van der Waals surface area contributed by atoms with Gasteiger partial charge in [0.05, 0.1) is 19.3 Å². The van der Waals surface area contributed by atoms with E-state index in [0.29, 0.717) is 12.0 Å². The highest BCUT2D eigenvalue weighted by Crippen LogP contribution is 2.36. The second-order valence-electron chi connectivity index (χ2n) is 5.87. The molecule has 0 aliphatic carbocycles. The van der Waals surface area contributed by atoms with Crippen LogP contribution in [-0.2, 0) is 29.2 Å². The monoisotopic (exact) mass is 360 g/mol. The van der Waals surface area contributed by atoms with Gasteiger partial charge in [-0.2, -0.15) is 0 Å². The fraction of sp³-hybridized carbons (Fsp3) is 0.524. The average molecular weight is 360 g/mol. The van der Waals surface area contributed by atoms with Gasteiger partial charge in [0.2, 0.25) is 0 Å². The van der Waals surface area contributed by atoms with Gasteiger partial charge in [0.15, 0.2) is 5.41 Å². The number of carbonyl (C=O) groups is 2. The Balaban J connectivity index is 3.53. The molecule has 0 fully saturated rings. The number of hydrogen-bond donors (Lipinski definition) is 0. The van der Waals surface area contributed by atoms with Gasteiger partial charge in [-0.05, 0) is 32.3 Å². The molecule has 0 heterocycles. The van der Waals surface area contributed by atoms with Gasteiger partial charge in [-0.15, -0.1) is 12.3 Å². The molecule has 0 unspecified atom stereocenters. The maximum Gasteiger partial charge on any atom is 0.328 e. The first-order valence-electron chi connectivity index (χ1n) is 8.90. The van der Waals surface area contributed by atoms with Crippen molar-refractivity contribution in [2.45, 2.75) is 45.1 Å². The summed E-state index contributed by atoms with van der Waals surface area (Å²) in [6, 6.07) is 8.78. The number of ether oxygens (including phenoxy) is 3. The maximum atomic E-state index is 13.0. The molecule has 1 rings (SSSR count). The summed E-state index contributed by atoms with van der Waals surface area (Å²) in [7, 11) is 1.57. The lowest BCUT2D eigenvalue weighted by molar-refractivity contribution is -0.166. The number of hydrogen-bond acceptors (Lipinski definition) is 5. The molecule has 142 valence electrons. The Bertz CT molecular complexity index is 595. The molecule has 0 aromatic heterocycles. The van der Waals surface area contributed by atoms with E-state index in [9.17, 15) is 9.59 Å². The molecule has 0 saturated carbocycles. The largest absolute Gasteiger partial charge is 0.465 e. The lowest BCUT2D eigenvalue weighted by Crippen LogP contribution is -2.48. The molecule has 26 heavy (non-hydrogen) atoms. The van der Waals surface area contributed by atoms with Crippen LogP contribution in [0.5, 0.6) is 0 Å². The van der Waals surface area contributed by atoms with Crippen molar-refractivity contribution in [3.05, 3.63) is 35.9 Å². The zero-order chi connectivity index (χ0) is 19.6. The Morgan fingerprint density at radius 2 is 1.62 bits per heavy atom. The minimum atomic E-state index is -1.63. The highest BCUT2D eigenvalue weighted by molar-refractivity contribution is 6.06. The molecule has 5 nitrogen and oxygen atoms in total. The van der Waals surface area contributed by atoms with Crippen LogP contribution in [0.4, 0.5) is 0 Å². The Labute approximate surface area is 156 Å². The van der Waals surface area contributed by atoms with Crippen molar-refractivity contribution in [3.8, 4) is 12.3 Å². The Hall–Kier alpha value is -2.32. The van der Waals surface area contributed by atoms with E-state index in [0.717, 1.165) is 0 Å². The number of benzene rings is 1. The van der Waals surface area contributed by atoms with Gasteiger partial charge in [0.25, 0.3) is 0 Å². The van der Waals surface area contributed by atoms with Gasteiger partial charge >= 0.3 is 11.9 Å². The number of esters is 2. The van der Waals surface area contributed by atoms with Crippen molar-refractivity contribution in [1.29, 1.82) is 0 Å². The summed E-state index contributed by atoms with van der Waals surface area (Å²) in [6.45, 7) is 5.63. The fourth-order valence-electron chi connectivity index (χ4n) is 3.08. The molecule has 0 radical (unpaired) electrons. The second-order valence-corrected chi connectivity index (χ2v) is 5.87. The zero-order valence-corrected chi connectivity index (χ0v) is 16.0. The van der Waals surface area contributed by atoms with Crippen molar-refractivity contribution in [3.63, 3.8) is 0 Å². The Kier molecular flexibility index (Phi) is 8.87. The fourth-order valence-corrected chi connectivity index (χ4v) is 3.08. The van der Waals surface area contributed by atoms with Crippen molar-refractivity contribution >= 4 is 11.9 Å². The molecule has 0 amide bonds. The molecular weight excluding hydrogens is 332 g/mol. The highest BCUT2D eigenvalue weighted by Gasteiger charge is 2.52. The first-order chi connectivity index (χ1) is 12.5. The average Bonchev–Trinajstić information content (AvgIpc) is 2.66. The molecule has 0 saturated heterocycles. The van der Waals surface area contributed by atoms with Gasteiger partial charge in [0, 0.05) is 13.0 Å². The van der Waals surface area contributed by atoms with E-state index in [1.54, 1.807) is 45.2 Å². The summed E-state index contributed by atoms with van der Waals surface area (Å²) >= 11 is 0. The van der Waals surface area contributed by atoms with Crippen molar-refractivity contribution in [2.24, 2.45) is 5.92 Å². The molecule has 1 aromatic carbocycles. The molecule has 0 aliphatic heterocycles. The van der Waals surface area contributed by atoms with Crippen molar-refractivity contribution in [2.75, 3.05) is 20.3 Å². The molecule has 5 heteroatoms. The van der Waals surface area contributed by atoms with Gasteiger partial charge in [-0.25, -0.2) is 0 Å². The van der Waals surface area contributed by atoms with Gasteiger partial charge in [-0.3, -0.25) is 9.59 Å². The van der Waals surface area contributed by atoms with E-state index in [1.807, 2.05) is 13.0 Å². The molecule has 0 spiro atoms. The molecule has 0 aliphatic rings. The summed E-state index contributed by atoms with van der Waals surface area (Å²) in [5.41, 5.74) is -1.13. The van der Waals surface area contributed by atoms with Crippen molar-refractivity contribution in [1.82, 2.24) is 0 Å². The Morgan fingerprint density at radius 1 is 1.08 bits per heavy atom. The standard InChI is InChI=1S/C21H28O5/c1-6-16(18(7-2)24-5)15-21(19(22)25-8-3,20(23)26-9-4)17-13-11-10-12-14-17/h1,10-14,16,18H,7-9,15H2,2-5H3/t16-,18-/m1/s1. The smallest absolute Gasteiger partial charge is 0.328 e. The number of rotatable bonds is 10.